The number of nitrogens with zero attached hydrogens (tertiary/aromatic N) is 1. The lowest BCUT2D eigenvalue weighted by atomic mass is 10.2. The molecule has 1 nitrogen and oxygen atoms in total. The number of para-hydroxylation sites is 3. The number of fused-ring (bicyclic) bond motifs is 3. The Morgan fingerprint density at radius 3 is 2.58 bits per heavy atom. The highest BCUT2D eigenvalue weighted by Crippen LogP contribution is 2.30. The molecule has 19 heavy (non-hydrogen) atoms. The van der Waals surface area contributed by atoms with Gasteiger partial charge >= 0.3 is 0 Å². The van der Waals surface area contributed by atoms with Crippen molar-refractivity contribution in [1.29, 1.82) is 0 Å². The molecule has 3 aromatic carbocycles. The summed E-state index contributed by atoms with van der Waals surface area (Å²) in [6.45, 7) is 0. The van der Waals surface area contributed by atoms with Crippen molar-refractivity contribution in [3.8, 4) is 5.69 Å². The molecular weight excluding hydrogens is 230 g/mol. The zero-order valence-electron chi connectivity index (χ0n) is 15.0. The third-order valence-electron chi connectivity index (χ3n) is 3.20. The summed E-state index contributed by atoms with van der Waals surface area (Å²) in [6.07, 6.45) is 0. The van der Waals surface area contributed by atoms with Crippen LogP contribution in [0, 0.1) is 6.07 Å². The molecule has 0 atom stereocenters. The maximum atomic E-state index is 8.25. The Morgan fingerprint density at radius 1 is 0.895 bits per heavy atom. The summed E-state index contributed by atoms with van der Waals surface area (Å²) in [6, 6.07) is 14.8. The van der Waals surface area contributed by atoms with Crippen LogP contribution in [-0.2, 0) is 0 Å². The van der Waals surface area contributed by atoms with Crippen LogP contribution in [0.1, 0.15) is 6.85 Å². The fourth-order valence-electron chi connectivity index (χ4n) is 2.43. The molecule has 0 bridgehead atoms. The minimum absolute atomic E-state index is 0.148. The predicted octanol–water partition coefficient (Wildman–Crippen LogP) is 4.58. The van der Waals surface area contributed by atoms with E-state index in [0.717, 1.165) is 16.3 Å². The van der Waals surface area contributed by atoms with Crippen LogP contribution >= 0.6 is 0 Å². The molecule has 4 aromatic rings. The normalized spacial score (nSPS) is 14.8. The van der Waals surface area contributed by atoms with Crippen LogP contribution in [0.4, 0.5) is 0 Å². The molecule has 0 aliphatic rings. The third-order valence-corrected chi connectivity index (χ3v) is 3.20. The lowest BCUT2D eigenvalue weighted by molar-refractivity contribution is 1.18. The summed E-state index contributed by atoms with van der Waals surface area (Å²) in [7, 11) is 0. The molecule has 0 saturated carbocycles. The van der Waals surface area contributed by atoms with Crippen molar-refractivity contribution in [3.05, 3.63) is 78.7 Å². The zero-order valence-corrected chi connectivity index (χ0v) is 9.99. The maximum absolute atomic E-state index is 8.25. The lowest BCUT2D eigenvalue weighted by Crippen LogP contribution is -1.92. The van der Waals surface area contributed by atoms with Crippen LogP contribution in [0.3, 0.4) is 0 Å². The van der Waals surface area contributed by atoms with Gasteiger partial charge in [-0.3, -0.25) is 0 Å². The van der Waals surface area contributed by atoms with E-state index in [-0.39, 0.29) is 29.9 Å². The number of rotatable bonds is 1. The average Bonchev–Trinajstić information content (AvgIpc) is 2.94. The van der Waals surface area contributed by atoms with E-state index in [0.29, 0.717) is 5.52 Å². The van der Waals surface area contributed by atoms with Gasteiger partial charge in [0.05, 0.1) is 17.9 Å². The Morgan fingerprint density at radius 2 is 1.68 bits per heavy atom. The van der Waals surface area contributed by atoms with E-state index in [1.165, 1.54) is 0 Å². The maximum Gasteiger partial charge on any atom is 0.0645 e. The van der Waals surface area contributed by atoms with Crippen molar-refractivity contribution < 1.29 is 6.85 Å². The van der Waals surface area contributed by atoms with Crippen molar-refractivity contribution in [1.82, 2.24) is 4.57 Å². The van der Waals surface area contributed by atoms with Crippen molar-refractivity contribution in [3.63, 3.8) is 0 Å². The molecule has 0 fully saturated rings. The van der Waals surface area contributed by atoms with Gasteiger partial charge in [0.25, 0.3) is 0 Å². The molecule has 1 aromatic heterocycles. The molecule has 0 unspecified atom stereocenters. The fraction of sp³-hybridized carbons (Fsp3) is 0. The lowest BCUT2D eigenvalue weighted by Gasteiger charge is -2.06. The second-order valence-electron chi connectivity index (χ2n) is 4.26. The van der Waals surface area contributed by atoms with Crippen molar-refractivity contribution in [2.75, 3.05) is 0 Å². The van der Waals surface area contributed by atoms with E-state index in [4.69, 9.17) is 6.85 Å². The highest BCUT2D eigenvalue weighted by molar-refractivity contribution is 6.08. The molecule has 1 heterocycles. The molecule has 0 amide bonds. The molecule has 1 radical (unpaired) electrons. The standard InChI is InChI=1S/C18H12N/c1-2-8-14(9-3-1)19-17-12-6-4-10-15(17)16-11-5-7-13-18(16)19/h1-12H/i1D,2D,3D,8D,9D. The summed E-state index contributed by atoms with van der Waals surface area (Å²) in [4.78, 5) is 0. The van der Waals surface area contributed by atoms with Gasteiger partial charge in [-0.05, 0) is 18.2 Å². The quantitative estimate of drug-likeness (QED) is 0.464. The molecule has 0 aliphatic carbocycles. The van der Waals surface area contributed by atoms with Gasteiger partial charge in [0.15, 0.2) is 0 Å². The summed E-state index contributed by atoms with van der Waals surface area (Å²) in [5.74, 6) is 0. The van der Waals surface area contributed by atoms with Gasteiger partial charge in [0, 0.05) is 22.5 Å². The Hall–Kier alpha value is -2.54. The van der Waals surface area contributed by atoms with Gasteiger partial charge in [-0.2, -0.15) is 0 Å². The fourth-order valence-corrected chi connectivity index (χ4v) is 2.43. The first-order valence-electron chi connectivity index (χ1n) is 8.49. The second-order valence-corrected chi connectivity index (χ2v) is 4.26. The minimum atomic E-state index is -0.390. The molecular formula is C18H12N. The molecule has 0 saturated heterocycles. The topological polar surface area (TPSA) is 4.93 Å². The summed E-state index contributed by atoms with van der Waals surface area (Å²) in [5.41, 5.74) is 1.63. The Labute approximate surface area is 118 Å². The van der Waals surface area contributed by atoms with Crippen LogP contribution in [0.5, 0.6) is 0 Å². The molecule has 89 valence electrons. The largest absolute Gasteiger partial charge is 0.309 e. The molecule has 0 spiro atoms. The van der Waals surface area contributed by atoms with E-state index in [9.17, 15) is 0 Å². The molecule has 0 aliphatic heterocycles. The predicted molar refractivity (Wildman–Crippen MR) is 79.6 cm³/mol. The van der Waals surface area contributed by atoms with E-state index in [1.54, 1.807) is 10.6 Å². The first-order valence-corrected chi connectivity index (χ1v) is 5.99. The van der Waals surface area contributed by atoms with E-state index in [2.05, 4.69) is 6.07 Å². The number of hydrogen-bond acceptors (Lipinski definition) is 0. The van der Waals surface area contributed by atoms with Gasteiger partial charge in [-0.25, -0.2) is 0 Å². The van der Waals surface area contributed by atoms with Crippen LogP contribution in [-0.4, -0.2) is 4.57 Å². The molecule has 0 N–H and O–H groups in total. The Kier molecular flexibility index (Phi) is 1.38. The first-order chi connectivity index (χ1) is 11.5. The number of aromatic nitrogens is 1. The monoisotopic (exact) mass is 247 g/mol. The SMILES string of the molecule is [2H]c1c([2H])c([2H])c(-n2c3[c]cccc3c3ccccc32)c([2H])c1[2H]. The number of hydrogen-bond donors (Lipinski definition) is 0. The van der Waals surface area contributed by atoms with Gasteiger partial charge in [-0.15, -0.1) is 0 Å². The van der Waals surface area contributed by atoms with E-state index >= 15 is 0 Å². The second kappa shape index (κ2) is 3.99. The van der Waals surface area contributed by atoms with Gasteiger partial charge in [0.2, 0.25) is 0 Å². The van der Waals surface area contributed by atoms with Crippen LogP contribution in [0.25, 0.3) is 27.5 Å². The van der Waals surface area contributed by atoms with Crippen molar-refractivity contribution >= 4 is 21.8 Å². The summed E-state index contributed by atoms with van der Waals surface area (Å²) in [5, 5.41) is 1.89. The van der Waals surface area contributed by atoms with Crippen molar-refractivity contribution in [2.45, 2.75) is 0 Å². The Balaban J connectivity index is 2.26. The smallest absolute Gasteiger partial charge is 0.0645 e. The van der Waals surface area contributed by atoms with E-state index < -0.39 is 6.04 Å². The minimum Gasteiger partial charge on any atom is -0.309 e. The van der Waals surface area contributed by atoms with Gasteiger partial charge in [-0.1, -0.05) is 54.5 Å². The first kappa shape index (κ1) is 6.58. The summed E-state index contributed by atoms with van der Waals surface area (Å²) >= 11 is 0. The third kappa shape index (κ3) is 1.48. The Bertz CT molecular complexity index is 1030. The van der Waals surface area contributed by atoms with E-state index in [1.807, 2.05) is 36.4 Å². The zero-order chi connectivity index (χ0) is 17.0. The van der Waals surface area contributed by atoms with Gasteiger partial charge in [0.1, 0.15) is 0 Å². The van der Waals surface area contributed by atoms with Gasteiger partial charge < -0.3 is 4.57 Å². The van der Waals surface area contributed by atoms with Crippen molar-refractivity contribution in [2.24, 2.45) is 0 Å². The van der Waals surface area contributed by atoms with Crippen LogP contribution in [0.15, 0.2) is 72.7 Å². The van der Waals surface area contributed by atoms with Crippen LogP contribution < -0.4 is 0 Å². The highest BCUT2D eigenvalue weighted by Gasteiger charge is 2.10. The average molecular weight is 247 g/mol. The molecule has 4 rings (SSSR count). The highest BCUT2D eigenvalue weighted by atomic mass is 15.0. The number of benzene rings is 3. The molecule has 1 heteroatoms. The van der Waals surface area contributed by atoms with Crippen LogP contribution in [0.2, 0.25) is 0 Å². The summed E-state index contributed by atoms with van der Waals surface area (Å²) < 4.78 is 41.8.